The summed E-state index contributed by atoms with van der Waals surface area (Å²) in [5, 5.41) is 3.20. The third-order valence-electron chi connectivity index (χ3n) is 3.55. The normalized spacial score (nSPS) is 16.9. The van der Waals surface area contributed by atoms with Crippen molar-refractivity contribution in [3.05, 3.63) is 58.9 Å². The average molecular weight is 213 g/mol. The minimum atomic E-state index is 0.478. The molecule has 0 radical (unpaired) electrons. The lowest BCUT2D eigenvalue weighted by Gasteiger charge is -2.17. The van der Waals surface area contributed by atoms with Crippen LogP contribution in [-0.2, 0) is 0 Å². The summed E-state index contributed by atoms with van der Waals surface area (Å²) in [6.45, 7) is 10.6. The molecule has 1 aliphatic heterocycles. The largest absolute Gasteiger partial charge is 0.365 e. The second-order valence-electron chi connectivity index (χ2n) is 4.65. The topological polar surface area (TPSA) is 12.0 Å². The molecule has 1 nitrogen and oxygen atoms in total. The highest BCUT2D eigenvalue weighted by Gasteiger charge is 2.18. The van der Waals surface area contributed by atoms with Gasteiger partial charge in [0.2, 0.25) is 0 Å². The Morgan fingerprint density at radius 3 is 2.69 bits per heavy atom. The Morgan fingerprint density at radius 1 is 1.31 bits per heavy atom. The van der Waals surface area contributed by atoms with Crippen LogP contribution in [0.3, 0.4) is 0 Å². The van der Waals surface area contributed by atoms with E-state index in [1.807, 2.05) is 0 Å². The van der Waals surface area contributed by atoms with Crippen molar-refractivity contribution in [2.24, 2.45) is 0 Å². The Labute approximate surface area is 97.9 Å². The van der Waals surface area contributed by atoms with Crippen molar-refractivity contribution in [3.63, 3.8) is 0 Å². The van der Waals surface area contributed by atoms with Gasteiger partial charge in [0.05, 0.1) is 0 Å². The van der Waals surface area contributed by atoms with Crippen LogP contribution in [0.4, 0.5) is 0 Å². The first-order valence-electron chi connectivity index (χ1n) is 5.79. The average Bonchev–Trinajstić information content (AvgIpc) is 2.68. The molecule has 0 bridgehead atoms. The molecule has 1 heteroatoms. The van der Waals surface area contributed by atoms with Crippen molar-refractivity contribution in [2.75, 3.05) is 0 Å². The van der Waals surface area contributed by atoms with E-state index >= 15 is 0 Å². The molecule has 2 rings (SSSR count). The number of nitrogens with one attached hydrogen (secondary N) is 1. The SMILES string of the molecule is C=C1CC(C(C)c2cccc(C)c2C)=CN1. The molecule has 84 valence electrons. The first-order chi connectivity index (χ1) is 7.59. The van der Waals surface area contributed by atoms with Gasteiger partial charge in [-0.25, -0.2) is 0 Å². The maximum absolute atomic E-state index is 3.96. The summed E-state index contributed by atoms with van der Waals surface area (Å²) >= 11 is 0. The molecule has 1 aliphatic rings. The molecule has 0 aromatic heterocycles. The van der Waals surface area contributed by atoms with Gasteiger partial charge in [0.25, 0.3) is 0 Å². The molecule has 1 N–H and O–H groups in total. The molecule has 16 heavy (non-hydrogen) atoms. The first-order valence-corrected chi connectivity index (χ1v) is 5.79. The standard InChI is InChI=1S/C15H19N/c1-10-6-5-7-15(12(10)3)13(4)14-8-11(2)16-9-14/h5-7,9,13,16H,2,8H2,1,3-4H3. The molecule has 0 spiro atoms. The zero-order valence-corrected chi connectivity index (χ0v) is 10.3. The molecule has 0 amide bonds. The van der Waals surface area contributed by atoms with E-state index in [1.165, 1.54) is 22.3 Å². The Hall–Kier alpha value is -1.50. The summed E-state index contributed by atoms with van der Waals surface area (Å²) in [4.78, 5) is 0. The number of benzene rings is 1. The molecule has 1 aromatic rings. The first kappa shape index (κ1) is 11.0. The lowest BCUT2D eigenvalue weighted by molar-refractivity contribution is 0.855. The molecule has 1 atom stereocenters. The molecule has 0 saturated carbocycles. The fraction of sp³-hybridized carbons (Fsp3) is 0.333. The summed E-state index contributed by atoms with van der Waals surface area (Å²) in [6, 6.07) is 6.55. The van der Waals surface area contributed by atoms with E-state index in [-0.39, 0.29) is 0 Å². The van der Waals surface area contributed by atoms with Crippen LogP contribution in [0.15, 0.2) is 42.2 Å². The van der Waals surface area contributed by atoms with Crippen LogP contribution in [0.1, 0.15) is 36.0 Å². The molecular formula is C15H19N. The van der Waals surface area contributed by atoms with Crippen LogP contribution >= 0.6 is 0 Å². The fourth-order valence-corrected chi connectivity index (χ4v) is 2.26. The van der Waals surface area contributed by atoms with Gasteiger partial charge in [-0.15, -0.1) is 0 Å². The molecule has 1 unspecified atom stereocenters. The Kier molecular flexibility index (Phi) is 2.86. The Balaban J connectivity index is 2.31. The van der Waals surface area contributed by atoms with Crippen molar-refractivity contribution >= 4 is 0 Å². The molecule has 0 fully saturated rings. The van der Waals surface area contributed by atoms with E-state index in [9.17, 15) is 0 Å². The Bertz CT molecular complexity index is 455. The van der Waals surface area contributed by atoms with Gasteiger partial charge in [-0.2, -0.15) is 0 Å². The molecule has 1 heterocycles. The van der Waals surface area contributed by atoms with Crippen LogP contribution in [-0.4, -0.2) is 0 Å². The number of hydrogen-bond donors (Lipinski definition) is 1. The monoisotopic (exact) mass is 213 g/mol. The van der Waals surface area contributed by atoms with E-state index in [0.717, 1.165) is 12.1 Å². The predicted octanol–water partition coefficient (Wildman–Crippen LogP) is 3.80. The lowest BCUT2D eigenvalue weighted by Crippen LogP contribution is -2.00. The highest BCUT2D eigenvalue weighted by molar-refractivity contribution is 5.41. The van der Waals surface area contributed by atoms with Crippen molar-refractivity contribution in [3.8, 4) is 0 Å². The third kappa shape index (κ3) is 1.90. The van der Waals surface area contributed by atoms with Gasteiger partial charge in [0.15, 0.2) is 0 Å². The number of hydrogen-bond acceptors (Lipinski definition) is 1. The van der Waals surface area contributed by atoms with E-state index in [2.05, 4.69) is 57.1 Å². The van der Waals surface area contributed by atoms with E-state index in [0.29, 0.717) is 5.92 Å². The molecule has 0 saturated heterocycles. The predicted molar refractivity (Wildman–Crippen MR) is 69.3 cm³/mol. The van der Waals surface area contributed by atoms with Crippen molar-refractivity contribution in [1.82, 2.24) is 5.32 Å². The number of rotatable bonds is 2. The van der Waals surface area contributed by atoms with Crippen LogP contribution in [0.25, 0.3) is 0 Å². The quantitative estimate of drug-likeness (QED) is 0.788. The zero-order chi connectivity index (χ0) is 11.7. The maximum Gasteiger partial charge on any atom is 0.0115 e. The summed E-state index contributed by atoms with van der Waals surface area (Å²) in [5.41, 5.74) is 6.75. The highest BCUT2D eigenvalue weighted by Crippen LogP contribution is 2.32. The Morgan fingerprint density at radius 2 is 2.06 bits per heavy atom. The third-order valence-corrected chi connectivity index (χ3v) is 3.55. The lowest BCUT2D eigenvalue weighted by atomic mass is 9.87. The van der Waals surface area contributed by atoms with Gasteiger partial charge in [-0.1, -0.05) is 31.7 Å². The van der Waals surface area contributed by atoms with Crippen molar-refractivity contribution < 1.29 is 0 Å². The molecule has 1 aromatic carbocycles. The summed E-state index contributed by atoms with van der Waals surface area (Å²) in [6.07, 6.45) is 3.09. The number of allylic oxidation sites excluding steroid dienone is 1. The van der Waals surface area contributed by atoms with Gasteiger partial charge in [0.1, 0.15) is 0 Å². The van der Waals surface area contributed by atoms with Crippen molar-refractivity contribution in [1.29, 1.82) is 0 Å². The van der Waals surface area contributed by atoms with Gasteiger partial charge in [-0.3, -0.25) is 0 Å². The van der Waals surface area contributed by atoms with Crippen LogP contribution in [0.5, 0.6) is 0 Å². The van der Waals surface area contributed by atoms with Gasteiger partial charge >= 0.3 is 0 Å². The van der Waals surface area contributed by atoms with Gasteiger partial charge in [0, 0.05) is 24.2 Å². The van der Waals surface area contributed by atoms with Crippen LogP contribution in [0.2, 0.25) is 0 Å². The van der Waals surface area contributed by atoms with Gasteiger partial charge < -0.3 is 5.32 Å². The molecular weight excluding hydrogens is 194 g/mol. The number of aryl methyl sites for hydroxylation is 1. The highest BCUT2D eigenvalue weighted by atomic mass is 14.9. The van der Waals surface area contributed by atoms with E-state index < -0.39 is 0 Å². The second-order valence-corrected chi connectivity index (χ2v) is 4.65. The van der Waals surface area contributed by atoms with Crippen LogP contribution in [0, 0.1) is 13.8 Å². The van der Waals surface area contributed by atoms with E-state index in [1.54, 1.807) is 0 Å². The maximum atomic E-state index is 3.96. The minimum Gasteiger partial charge on any atom is -0.365 e. The van der Waals surface area contributed by atoms with Crippen molar-refractivity contribution in [2.45, 2.75) is 33.1 Å². The van der Waals surface area contributed by atoms with Crippen LogP contribution < -0.4 is 5.32 Å². The second kappa shape index (κ2) is 4.17. The summed E-state index contributed by atoms with van der Waals surface area (Å²) in [5.74, 6) is 0.478. The summed E-state index contributed by atoms with van der Waals surface area (Å²) in [7, 11) is 0. The fourth-order valence-electron chi connectivity index (χ4n) is 2.26. The summed E-state index contributed by atoms with van der Waals surface area (Å²) < 4.78 is 0. The van der Waals surface area contributed by atoms with E-state index in [4.69, 9.17) is 0 Å². The smallest absolute Gasteiger partial charge is 0.0115 e. The van der Waals surface area contributed by atoms with Gasteiger partial charge in [-0.05, 0) is 36.1 Å². The molecule has 0 aliphatic carbocycles. The minimum absolute atomic E-state index is 0.478. The zero-order valence-electron chi connectivity index (χ0n) is 10.3.